The Labute approximate surface area is 181 Å². The molecule has 0 radical (unpaired) electrons. The molecule has 0 bridgehead atoms. The molecule has 0 saturated carbocycles. The molecule has 0 aliphatic carbocycles. The molecule has 156 valence electrons. The van der Waals surface area contributed by atoms with E-state index in [0.29, 0.717) is 30.1 Å². The highest BCUT2D eigenvalue weighted by Crippen LogP contribution is 2.25. The molecule has 0 fully saturated rings. The first-order valence-corrected chi connectivity index (χ1v) is 10.3. The maximum absolute atomic E-state index is 14.0. The smallest absolute Gasteiger partial charge is 0.251 e. The summed E-state index contributed by atoms with van der Waals surface area (Å²) in [6.07, 6.45) is 0.684. The molecule has 1 unspecified atom stereocenters. The molecule has 0 aromatic heterocycles. The van der Waals surface area contributed by atoms with Gasteiger partial charge in [-0.05, 0) is 59.9 Å². The van der Waals surface area contributed by atoms with E-state index < -0.39 is 5.82 Å². The van der Waals surface area contributed by atoms with Gasteiger partial charge in [-0.2, -0.15) is 0 Å². The zero-order chi connectivity index (χ0) is 21.5. The molecule has 0 aliphatic rings. The number of rotatable bonds is 8. The average Bonchev–Trinajstić information content (AvgIpc) is 2.74. The summed E-state index contributed by atoms with van der Waals surface area (Å²) in [6, 6.07) is 21.2. The number of amides is 1. The van der Waals surface area contributed by atoms with Crippen molar-refractivity contribution in [1.82, 2.24) is 5.32 Å². The van der Waals surface area contributed by atoms with Crippen molar-refractivity contribution in [2.75, 3.05) is 0 Å². The predicted molar refractivity (Wildman–Crippen MR) is 118 cm³/mol. The van der Waals surface area contributed by atoms with E-state index in [1.54, 1.807) is 12.1 Å². The Morgan fingerprint density at radius 3 is 2.50 bits per heavy atom. The van der Waals surface area contributed by atoms with Crippen molar-refractivity contribution in [3.63, 3.8) is 0 Å². The second-order valence-electron chi connectivity index (χ2n) is 7.63. The van der Waals surface area contributed by atoms with Gasteiger partial charge in [0.2, 0.25) is 0 Å². The van der Waals surface area contributed by atoms with Gasteiger partial charge >= 0.3 is 0 Å². The monoisotopic (exact) mass is 425 g/mol. The first kappa shape index (κ1) is 21.8. The lowest BCUT2D eigenvalue weighted by molar-refractivity contribution is 0.0931. The third kappa shape index (κ3) is 6.07. The molecule has 3 aromatic rings. The van der Waals surface area contributed by atoms with Crippen molar-refractivity contribution in [3.05, 3.63) is 100 Å². The number of hydrogen-bond donors (Lipinski definition) is 1. The minimum atomic E-state index is -0.489. The van der Waals surface area contributed by atoms with Crippen LogP contribution in [-0.4, -0.2) is 5.91 Å². The third-order valence-corrected chi connectivity index (χ3v) is 5.00. The lowest BCUT2D eigenvalue weighted by Gasteiger charge is -2.21. The molecular weight excluding hydrogens is 401 g/mol. The lowest BCUT2D eigenvalue weighted by Crippen LogP contribution is -2.29. The van der Waals surface area contributed by atoms with E-state index in [1.807, 2.05) is 48.5 Å². The van der Waals surface area contributed by atoms with Crippen molar-refractivity contribution in [3.8, 4) is 5.75 Å². The molecule has 1 atom stereocenters. The highest BCUT2D eigenvalue weighted by Gasteiger charge is 2.19. The average molecular weight is 426 g/mol. The highest BCUT2D eigenvalue weighted by atomic mass is 35.5. The van der Waals surface area contributed by atoms with Crippen LogP contribution in [0.1, 0.15) is 47.8 Å². The quantitative estimate of drug-likeness (QED) is 0.443. The molecule has 0 saturated heterocycles. The first-order valence-electron chi connectivity index (χ1n) is 9.95. The van der Waals surface area contributed by atoms with Gasteiger partial charge in [0.1, 0.15) is 18.2 Å². The zero-order valence-corrected chi connectivity index (χ0v) is 17.8. The number of hydrogen-bond acceptors (Lipinski definition) is 2. The third-order valence-electron chi connectivity index (χ3n) is 4.70. The van der Waals surface area contributed by atoms with E-state index in [1.165, 1.54) is 12.1 Å². The number of ether oxygens (including phenoxy) is 1. The first-order chi connectivity index (χ1) is 14.4. The minimum absolute atomic E-state index is 0.0690. The van der Waals surface area contributed by atoms with Crippen LogP contribution in [0.3, 0.4) is 0 Å². The Kier molecular flexibility index (Phi) is 7.47. The van der Waals surface area contributed by atoms with Gasteiger partial charge in [0.25, 0.3) is 5.91 Å². The number of nitrogens with one attached hydrogen (secondary N) is 1. The van der Waals surface area contributed by atoms with Crippen LogP contribution < -0.4 is 10.1 Å². The number of carbonyl (C=O) groups excluding carboxylic acids is 1. The van der Waals surface area contributed by atoms with Crippen LogP contribution in [0.25, 0.3) is 0 Å². The lowest BCUT2D eigenvalue weighted by atomic mass is 9.96. The van der Waals surface area contributed by atoms with Crippen LogP contribution >= 0.6 is 11.6 Å². The summed E-state index contributed by atoms with van der Waals surface area (Å²) >= 11 is 5.81. The van der Waals surface area contributed by atoms with E-state index in [4.69, 9.17) is 16.3 Å². The van der Waals surface area contributed by atoms with E-state index in [-0.39, 0.29) is 17.0 Å². The SMILES string of the molecule is CC(C)CC(NC(=O)c1cccc(COc2ccccc2)c1)c1ccc(Cl)c(F)c1. The number of carbonyl (C=O) groups is 1. The number of para-hydroxylation sites is 1. The Bertz CT molecular complexity index is 991. The normalized spacial score (nSPS) is 11.9. The van der Waals surface area contributed by atoms with Gasteiger partial charge in [-0.3, -0.25) is 4.79 Å². The molecule has 1 amide bonds. The van der Waals surface area contributed by atoms with E-state index >= 15 is 0 Å². The van der Waals surface area contributed by atoms with Gasteiger partial charge in [-0.25, -0.2) is 4.39 Å². The summed E-state index contributed by atoms with van der Waals surface area (Å²) in [7, 11) is 0. The van der Waals surface area contributed by atoms with Crippen LogP contribution in [0.4, 0.5) is 4.39 Å². The summed E-state index contributed by atoms with van der Waals surface area (Å²) in [4.78, 5) is 12.9. The van der Waals surface area contributed by atoms with Gasteiger partial charge < -0.3 is 10.1 Å². The van der Waals surface area contributed by atoms with Gasteiger partial charge in [0, 0.05) is 5.56 Å². The standard InChI is InChI=1S/C25H25ClFNO2/c1-17(2)13-24(19-11-12-22(26)23(27)15-19)28-25(29)20-8-6-7-18(14-20)16-30-21-9-4-3-5-10-21/h3-12,14-15,17,24H,13,16H2,1-2H3,(H,28,29). The summed E-state index contributed by atoms with van der Waals surface area (Å²) < 4.78 is 19.7. The predicted octanol–water partition coefficient (Wildman–Crippen LogP) is 6.58. The van der Waals surface area contributed by atoms with Gasteiger partial charge in [-0.1, -0.05) is 61.8 Å². The van der Waals surface area contributed by atoms with Crippen molar-refractivity contribution in [2.24, 2.45) is 5.92 Å². The molecule has 0 heterocycles. The molecule has 30 heavy (non-hydrogen) atoms. The fourth-order valence-electron chi connectivity index (χ4n) is 3.21. The van der Waals surface area contributed by atoms with Crippen LogP contribution in [0.2, 0.25) is 5.02 Å². The second-order valence-corrected chi connectivity index (χ2v) is 8.04. The van der Waals surface area contributed by atoms with Crippen molar-refractivity contribution >= 4 is 17.5 Å². The molecule has 5 heteroatoms. The molecule has 3 nitrogen and oxygen atoms in total. The van der Waals surface area contributed by atoms with Crippen LogP contribution in [0, 0.1) is 11.7 Å². The Morgan fingerprint density at radius 1 is 1.03 bits per heavy atom. The Hall–Kier alpha value is -2.85. The van der Waals surface area contributed by atoms with E-state index in [0.717, 1.165) is 11.3 Å². The number of halogens is 2. The molecule has 0 spiro atoms. The van der Waals surface area contributed by atoms with Crippen molar-refractivity contribution in [2.45, 2.75) is 32.9 Å². The Balaban J connectivity index is 1.72. The van der Waals surface area contributed by atoms with E-state index in [9.17, 15) is 9.18 Å². The van der Waals surface area contributed by atoms with Crippen LogP contribution in [-0.2, 0) is 6.61 Å². The molecular formula is C25H25ClFNO2. The largest absolute Gasteiger partial charge is 0.489 e. The maximum atomic E-state index is 14.0. The van der Waals surface area contributed by atoms with E-state index in [2.05, 4.69) is 19.2 Å². The van der Waals surface area contributed by atoms with Crippen LogP contribution in [0.15, 0.2) is 72.8 Å². The molecule has 1 N–H and O–H groups in total. The summed E-state index contributed by atoms with van der Waals surface area (Å²) in [5.74, 6) is 0.392. The number of benzene rings is 3. The summed E-state index contributed by atoms with van der Waals surface area (Å²) in [5, 5.41) is 3.11. The van der Waals surface area contributed by atoms with Gasteiger partial charge in [-0.15, -0.1) is 0 Å². The van der Waals surface area contributed by atoms with Gasteiger partial charge in [0.05, 0.1) is 11.1 Å². The maximum Gasteiger partial charge on any atom is 0.251 e. The summed E-state index contributed by atoms with van der Waals surface area (Å²) in [5.41, 5.74) is 2.12. The second kappa shape index (κ2) is 10.3. The summed E-state index contributed by atoms with van der Waals surface area (Å²) in [6.45, 7) is 4.49. The topological polar surface area (TPSA) is 38.3 Å². The molecule has 3 aromatic carbocycles. The Morgan fingerprint density at radius 2 is 1.80 bits per heavy atom. The van der Waals surface area contributed by atoms with Crippen LogP contribution in [0.5, 0.6) is 5.75 Å². The van der Waals surface area contributed by atoms with Crippen molar-refractivity contribution < 1.29 is 13.9 Å². The molecule has 3 rings (SSSR count). The fourth-order valence-corrected chi connectivity index (χ4v) is 3.32. The minimum Gasteiger partial charge on any atom is -0.489 e. The highest BCUT2D eigenvalue weighted by molar-refractivity contribution is 6.30. The van der Waals surface area contributed by atoms with Gasteiger partial charge in [0.15, 0.2) is 0 Å². The molecule has 0 aliphatic heterocycles. The fraction of sp³-hybridized carbons (Fsp3) is 0.240. The van der Waals surface area contributed by atoms with Crippen molar-refractivity contribution in [1.29, 1.82) is 0 Å². The zero-order valence-electron chi connectivity index (χ0n) is 17.1.